The summed E-state index contributed by atoms with van der Waals surface area (Å²) >= 11 is 6.11. The van der Waals surface area contributed by atoms with Gasteiger partial charge in [0.2, 0.25) is 0 Å². The molecule has 1 unspecified atom stereocenters. The lowest BCUT2D eigenvalue weighted by atomic mass is 9.75. The van der Waals surface area contributed by atoms with Gasteiger partial charge < -0.3 is 16.2 Å². The highest BCUT2D eigenvalue weighted by Crippen LogP contribution is 2.40. The van der Waals surface area contributed by atoms with Crippen molar-refractivity contribution < 1.29 is 9.13 Å². The van der Waals surface area contributed by atoms with Gasteiger partial charge in [0.1, 0.15) is 5.82 Å². The first kappa shape index (κ1) is 12.8. The third-order valence-electron chi connectivity index (χ3n) is 3.46. The Hall–Kier alpha value is -0.680. The molecule has 1 aliphatic rings. The Morgan fingerprint density at radius 1 is 1.53 bits per heavy atom. The summed E-state index contributed by atoms with van der Waals surface area (Å²) in [4.78, 5) is 0. The highest BCUT2D eigenvalue weighted by Gasteiger charge is 2.44. The largest absolute Gasteiger partial charge is 0.380 e. The summed E-state index contributed by atoms with van der Waals surface area (Å²) in [5, 5.41) is 0.483. The van der Waals surface area contributed by atoms with Crippen molar-refractivity contribution in [1.29, 1.82) is 0 Å². The second kappa shape index (κ2) is 4.53. The third-order valence-corrected chi connectivity index (χ3v) is 3.79. The number of rotatable bonds is 3. The third kappa shape index (κ3) is 2.06. The van der Waals surface area contributed by atoms with Crippen LogP contribution in [0.2, 0.25) is 5.02 Å². The van der Waals surface area contributed by atoms with Crippen LogP contribution >= 0.6 is 11.6 Å². The summed E-state index contributed by atoms with van der Waals surface area (Å²) < 4.78 is 18.7. The Kier molecular flexibility index (Phi) is 3.41. The second-order valence-electron chi connectivity index (χ2n) is 4.66. The van der Waals surface area contributed by atoms with Gasteiger partial charge in [-0.25, -0.2) is 4.39 Å². The van der Waals surface area contributed by atoms with Gasteiger partial charge >= 0.3 is 0 Å². The SMILES string of the molecule is Cc1cc(Cl)c(C(N)C2(CN)COC2)cc1F. The number of hydrogen-bond donors (Lipinski definition) is 2. The van der Waals surface area contributed by atoms with Crippen LogP contribution in [0, 0.1) is 18.2 Å². The van der Waals surface area contributed by atoms with Crippen LogP contribution in [0.3, 0.4) is 0 Å². The van der Waals surface area contributed by atoms with E-state index in [4.69, 9.17) is 27.8 Å². The van der Waals surface area contributed by atoms with Crippen LogP contribution in [0.15, 0.2) is 12.1 Å². The quantitative estimate of drug-likeness (QED) is 0.869. The summed E-state index contributed by atoms with van der Waals surface area (Å²) in [6, 6.07) is 2.59. The maximum Gasteiger partial charge on any atom is 0.126 e. The van der Waals surface area contributed by atoms with Gasteiger partial charge in [-0.3, -0.25) is 0 Å². The maximum atomic E-state index is 13.6. The van der Waals surface area contributed by atoms with Crippen molar-refractivity contribution in [3.8, 4) is 0 Å². The minimum Gasteiger partial charge on any atom is -0.380 e. The van der Waals surface area contributed by atoms with Crippen molar-refractivity contribution in [2.45, 2.75) is 13.0 Å². The number of benzene rings is 1. The molecule has 0 saturated carbocycles. The Bertz CT molecular complexity index is 429. The lowest BCUT2D eigenvalue weighted by Crippen LogP contribution is -2.55. The molecule has 17 heavy (non-hydrogen) atoms. The van der Waals surface area contributed by atoms with E-state index in [9.17, 15) is 4.39 Å². The first-order chi connectivity index (χ1) is 8.00. The van der Waals surface area contributed by atoms with E-state index < -0.39 is 6.04 Å². The van der Waals surface area contributed by atoms with E-state index in [0.717, 1.165) is 0 Å². The molecule has 3 nitrogen and oxygen atoms in total. The fourth-order valence-electron chi connectivity index (χ4n) is 2.02. The number of halogens is 2. The van der Waals surface area contributed by atoms with Crippen LogP contribution in [-0.2, 0) is 4.74 Å². The lowest BCUT2D eigenvalue weighted by molar-refractivity contribution is -0.121. The van der Waals surface area contributed by atoms with Crippen molar-refractivity contribution in [2.75, 3.05) is 19.8 Å². The molecule has 1 aliphatic heterocycles. The van der Waals surface area contributed by atoms with Crippen LogP contribution < -0.4 is 11.5 Å². The number of hydrogen-bond acceptors (Lipinski definition) is 3. The molecule has 1 saturated heterocycles. The zero-order chi connectivity index (χ0) is 12.6. The average molecular weight is 259 g/mol. The highest BCUT2D eigenvalue weighted by atomic mass is 35.5. The van der Waals surface area contributed by atoms with E-state index in [1.165, 1.54) is 6.07 Å². The lowest BCUT2D eigenvalue weighted by Gasteiger charge is -2.45. The molecule has 2 rings (SSSR count). The summed E-state index contributed by atoms with van der Waals surface area (Å²) in [6.07, 6.45) is 0. The first-order valence-electron chi connectivity index (χ1n) is 5.49. The molecule has 1 atom stereocenters. The Morgan fingerprint density at radius 2 is 2.18 bits per heavy atom. The van der Waals surface area contributed by atoms with E-state index in [0.29, 0.717) is 35.9 Å². The molecule has 0 aromatic heterocycles. The highest BCUT2D eigenvalue weighted by molar-refractivity contribution is 6.31. The van der Waals surface area contributed by atoms with Crippen LogP contribution in [-0.4, -0.2) is 19.8 Å². The zero-order valence-corrected chi connectivity index (χ0v) is 10.4. The number of ether oxygens (including phenoxy) is 1. The zero-order valence-electron chi connectivity index (χ0n) is 9.67. The molecule has 0 radical (unpaired) electrons. The molecule has 1 fully saturated rings. The predicted molar refractivity (Wildman–Crippen MR) is 65.4 cm³/mol. The van der Waals surface area contributed by atoms with Gasteiger partial charge in [-0.2, -0.15) is 0 Å². The van der Waals surface area contributed by atoms with Crippen molar-refractivity contribution in [1.82, 2.24) is 0 Å². The molecule has 0 aliphatic carbocycles. The van der Waals surface area contributed by atoms with Gasteiger partial charge in [0.15, 0.2) is 0 Å². The first-order valence-corrected chi connectivity index (χ1v) is 5.87. The van der Waals surface area contributed by atoms with Gasteiger partial charge in [-0.05, 0) is 30.2 Å². The van der Waals surface area contributed by atoms with Gasteiger partial charge in [0, 0.05) is 23.0 Å². The predicted octanol–water partition coefficient (Wildman–Crippen LogP) is 1.76. The molecular formula is C12H16ClFN2O. The van der Waals surface area contributed by atoms with Gasteiger partial charge in [-0.15, -0.1) is 0 Å². The minimum absolute atomic E-state index is 0.299. The normalized spacial score (nSPS) is 19.8. The Labute approximate surface area is 105 Å². The van der Waals surface area contributed by atoms with Crippen LogP contribution in [0.5, 0.6) is 0 Å². The molecule has 0 spiro atoms. The van der Waals surface area contributed by atoms with Gasteiger partial charge in [-0.1, -0.05) is 11.6 Å². The molecule has 0 amide bonds. The van der Waals surface area contributed by atoms with E-state index in [1.807, 2.05) is 0 Å². The number of nitrogens with two attached hydrogens (primary N) is 2. The molecule has 4 N–H and O–H groups in total. The van der Waals surface area contributed by atoms with Crippen LogP contribution in [0.1, 0.15) is 17.2 Å². The monoisotopic (exact) mass is 258 g/mol. The summed E-state index contributed by atoms with van der Waals surface area (Å²) in [5.41, 5.74) is 12.7. The summed E-state index contributed by atoms with van der Waals surface area (Å²) in [5.74, 6) is -0.299. The van der Waals surface area contributed by atoms with Gasteiger partial charge in [0.05, 0.1) is 13.2 Å². The molecule has 0 bridgehead atoms. The molecule has 5 heteroatoms. The minimum atomic E-state index is -0.399. The molecule has 1 aromatic rings. The van der Waals surface area contributed by atoms with E-state index >= 15 is 0 Å². The van der Waals surface area contributed by atoms with E-state index in [-0.39, 0.29) is 11.2 Å². The fourth-order valence-corrected chi connectivity index (χ4v) is 2.35. The fraction of sp³-hybridized carbons (Fsp3) is 0.500. The van der Waals surface area contributed by atoms with Crippen molar-refractivity contribution >= 4 is 11.6 Å². The molecule has 1 heterocycles. The van der Waals surface area contributed by atoms with Gasteiger partial charge in [0.25, 0.3) is 0 Å². The van der Waals surface area contributed by atoms with E-state index in [1.54, 1.807) is 13.0 Å². The topological polar surface area (TPSA) is 61.3 Å². The van der Waals surface area contributed by atoms with E-state index in [2.05, 4.69) is 0 Å². The molecular weight excluding hydrogens is 243 g/mol. The maximum absolute atomic E-state index is 13.6. The average Bonchev–Trinajstić information content (AvgIpc) is 2.22. The summed E-state index contributed by atoms with van der Waals surface area (Å²) in [6.45, 7) is 3.06. The molecule has 1 aromatic carbocycles. The van der Waals surface area contributed by atoms with Crippen molar-refractivity contribution in [3.05, 3.63) is 34.1 Å². The van der Waals surface area contributed by atoms with Crippen LogP contribution in [0.25, 0.3) is 0 Å². The van der Waals surface area contributed by atoms with Crippen molar-refractivity contribution in [3.63, 3.8) is 0 Å². The van der Waals surface area contributed by atoms with Crippen molar-refractivity contribution in [2.24, 2.45) is 16.9 Å². The second-order valence-corrected chi connectivity index (χ2v) is 5.07. The number of aryl methyl sites for hydroxylation is 1. The van der Waals surface area contributed by atoms with Crippen LogP contribution in [0.4, 0.5) is 4.39 Å². The summed E-state index contributed by atoms with van der Waals surface area (Å²) in [7, 11) is 0. The smallest absolute Gasteiger partial charge is 0.126 e. The Morgan fingerprint density at radius 3 is 2.65 bits per heavy atom. The standard InChI is InChI=1S/C12H16ClFN2O/c1-7-2-9(13)8(3-10(7)14)11(16)12(4-15)5-17-6-12/h2-3,11H,4-6,15-16H2,1H3. The Balaban J connectivity index is 2.36. The molecule has 94 valence electrons.